The van der Waals surface area contributed by atoms with Gasteiger partial charge in [-0.3, -0.25) is 14.0 Å². The van der Waals surface area contributed by atoms with Crippen LogP contribution in [-0.4, -0.2) is 21.4 Å². The summed E-state index contributed by atoms with van der Waals surface area (Å²) in [6, 6.07) is 5.23. The quantitative estimate of drug-likeness (QED) is 0.868. The number of carbonyl (C=O) groups is 1. The summed E-state index contributed by atoms with van der Waals surface area (Å²) in [5.41, 5.74) is -1.14. The van der Waals surface area contributed by atoms with Gasteiger partial charge in [0, 0.05) is 18.1 Å². The Morgan fingerprint density at radius 2 is 1.91 bits per heavy atom. The third-order valence-corrected chi connectivity index (χ3v) is 3.77. The number of amides is 1. The Bertz CT molecular complexity index is 760. The summed E-state index contributed by atoms with van der Waals surface area (Å²) in [6.45, 7) is 0. The molecule has 1 N–H and O–H groups in total. The molecule has 0 bridgehead atoms. The molecule has 9 heteroatoms. The summed E-state index contributed by atoms with van der Waals surface area (Å²) in [4.78, 5) is 15.0. The van der Waals surface area contributed by atoms with Crippen molar-refractivity contribution in [2.45, 2.75) is 11.1 Å². The van der Waals surface area contributed by atoms with E-state index in [1.165, 1.54) is 18.4 Å². The molecule has 23 heavy (non-hydrogen) atoms. The molecule has 0 aliphatic rings. The fraction of sp³-hybridized carbons (Fsp3) is 0.143. The smallest absolute Gasteiger partial charge is 0.322 e. The maximum absolute atomic E-state index is 13.7. The van der Waals surface area contributed by atoms with Crippen molar-refractivity contribution in [1.29, 1.82) is 0 Å². The monoisotopic (exact) mass is 346 g/mol. The van der Waals surface area contributed by atoms with Crippen molar-refractivity contribution in [3.8, 4) is 0 Å². The van der Waals surface area contributed by atoms with Crippen LogP contribution in [0.1, 0.15) is 16.1 Å². The maximum atomic E-state index is 13.7. The van der Waals surface area contributed by atoms with Crippen LogP contribution in [0.4, 0.5) is 23.2 Å². The predicted octanol–water partition coefficient (Wildman–Crippen LogP) is 3.23. The van der Waals surface area contributed by atoms with Gasteiger partial charge >= 0.3 is 6.18 Å². The summed E-state index contributed by atoms with van der Waals surface area (Å²) < 4.78 is 62.0. The molecule has 2 rings (SSSR count). The van der Waals surface area contributed by atoms with E-state index < -0.39 is 34.4 Å². The van der Waals surface area contributed by atoms with E-state index in [0.717, 1.165) is 18.3 Å². The number of anilines is 1. The minimum atomic E-state index is -4.59. The van der Waals surface area contributed by atoms with Gasteiger partial charge in [0.1, 0.15) is 11.5 Å². The van der Waals surface area contributed by atoms with E-state index in [0.29, 0.717) is 6.07 Å². The summed E-state index contributed by atoms with van der Waals surface area (Å²) in [5, 5.41) is 2.32. The highest BCUT2D eigenvalue weighted by Crippen LogP contribution is 2.27. The molecule has 122 valence electrons. The van der Waals surface area contributed by atoms with E-state index in [9.17, 15) is 26.6 Å². The summed E-state index contributed by atoms with van der Waals surface area (Å²) in [5.74, 6) is -1.50. The molecule has 1 atom stereocenters. The third kappa shape index (κ3) is 4.13. The van der Waals surface area contributed by atoms with Crippen LogP contribution >= 0.6 is 0 Å². The van der Waals surface area contributed by atoms with Gasteiger partial charge in [-0.2, -0.15) is 13.2 Å². The Hall–Kier alpha value is -2.29. The van der Waals surface area contributed by atoms with E-state index >= 15 is 0 Å². The van der Waals surface area contributed by atoms with Crippen LogP contribution in [0.5, 0.6) is 0 Å². The standard InChI is InChI=1S/C14H10F4N2O2S/c1-23(22)11-4-3-9(6-10(11)15)20-13(21)8-2-5-12(19-7-8)14(16,17)18/h2-7H,1H3,(H,20,21)/t23-/m1/s1. The second-order valence-electron chi connectivity index (χ2n) is 4.48. The normalized spacial score (nSPS) is 12.7. The highest BCUT2D eigenvalue weighted by Gasteiger charge is 2.32. The number of hydrogen-bond donors (Lipinski definition) is 1. The number of aromatic nitrogens is 1. The Labute approximate surface area is 131 Å². The van der Waals surface area contributed by atoms with E-state index in [1.807, 2.05) is 0 Å². The minimum absolute atomic E-state index is 0.0146. The van der Waals surface area contributed by atoms with Crippen molar-refractivity contribution in [3.05, 3.63) is 53.6 Å². The molecule has 0 radical (unpaired) electrons. The molecule has 0 saturated carbocycles. The Morgan fingerprint density at radius 3 is 2.39 bits per heavy atom. The highest BCUT2D eigenvalue weighted by atomic mass is 32.2. The highest BCUT2D eigenvalue weighted by molar-refractivity contribution is 7.84. The zero-order valence-electron chi connectivity index (χ0n) is 11.6. The van der Waals surface area contributed by atoms with E-state index in [2.05, 4.69) is 10.3 Å². The maximum Gasteiger partial charge on any atom is 0.433 e. The average Bonchev–Trinajstić information content (AvgIpc) is 2.46. The first-order chi connectivity index (χ1) is 10.7. The van der Waals surface area contributed by atoms with E-state index in [1.54, 1.807) is 0 Å². The van der Waals surface area contributed by atoms with Crippen molar-refractivity contribution in [2.24, 2.45) is 0 Å². The van der Waals surface area contributed by atoms with Crippen molar-refractivity contribution >= 4 is 22.4 Å². The first-order valence-electron chi connectivity index (χ1n) is 6.16. The first kappa shape index (κ1) is 17.1. The molecule has 1 aromatic heterocycles. The molecule has 0 saturated heterocycles. The molecule has 0 aliphatic carbocycles. The molecule has 0 spiro atoms. The second kappa shape index (κ2) is 6.45. The van der Waals surface area contributed by atoms with Crippen LogP contribution in [-0.2, 0) is 17.0 Å². The topological polar surface area (TPSA) is 59.1 Å². The van der Waals surface area contributed by atoms with Crippen LogP contribution < -0.4 is 5.32 Å². The Morgan fingerprint density at radius 1 is 1.22 bits per heavy atom. The molecular formula is C14H10F4N2O2S. The number of nitrogens with one attached hydrogen (secondary N) is 1. The fourth-order valence-corrected chi connectivity index (χ4v) is 2.30. The van der Waals surface area contributed by atoms with Crippen molar-refractivity contribution in [3.63, 3.8) is 0 Å². The third-order valence-electron chi connectivity index (χ3n) is 2.82. The number of carbonyl (C=O) groups excluding carboxylic acids is 1. The van der Waals surface area contributed by atoms with Gasteiger partial charge in [0.25, 0.3) is 5.91 Å². The summed E-state index contributed by atoms with van der Waals surface area (Å²) in [6.07, 6.45) is -2.50. The summed E-state index contributed by atoms with van der Waals surface area (Å²) >= 11 is 0. The molecule has 2 aromatic rings. The van der Waals surface area contributed by atoms with Gasteiger partial charge in [-0.1, -0.05) is 0 Å². The van der Waals surface area contributed by atoms with Gasteiger partial charge in [0.15, 0.2) is 0 Å². The molecule has 0 unspecified atom stereocenters. The van der Waals surface area contributed by atoms with Gasteiger partial charge in [-0.05, 0) is 30.3 Å². The molecule has 1 amide bonds. The van der Waals surface area contributed by atoms with Gasteiger partial charge in [0.05, 0.1) is 21.3 Å². The molecule has 1 aromatic carbocycles. The fourth-order valence-electron chi connectivity index (χ4n) is 1.71. The van der Waals surface area contributed by atoms with Crippen LogP contribution in [0, 0.1) is 5.82 Å². The second-order valence-corrected chi connectivity index (χ2v) is 5.83. The molecule has 1 heterocycles. The molecule has 0 aliphatic heterocycles. The number of alkyl halides is 3. The SMILES string of the molecule is C[S@@](=O)c1ccc(NC(=O)c2ccc(C(F)(F)F)nc2)cc1F. The zero-order chi connectivity index (χ0) is 17.2. The van der Waals surface area contributed by atoms with Gasteiger partial charge in [0.2, 0.25) is 0 Å². The number of pyridine rings is 1. The van der Waals surface area contributed by atoms with Crippen LogP contribution in [0.15, 0.2) is 41.4 Å². The predicted molar refractivity (Wildman–Crippen MR) is 75.9 cm³/mol. The van der Waals surface area contributed by atoms with Crippen LogP contribution in [0.3, 0.4) is 0 Å². The van der Waals surface area contributed by atoms with Crippen molar-refractivity contribution < 1.29 is 26.6 Å². The summed E-state index contributed by atoms with van der Waals surface area (Å²) in [7, 11) is -1.51. The van der Waals surface area contributed by atoms with E-state index in [4.69, 9.17) is 0 Å². The Balaban J connectivity index is 2.16. The van der Waals surface area contributed by atoms with Gasteiger partial charge in [-0.25, -0.2) is 4.39 Å². The zero-order valence-corrected chi connectivity index (χ0v) is 12.5. The number of rotatable bonds is 3. The number of hydrogen-bond acceptors (Lipinski definition) is 3. The van der Waals surface area contributed by atoms with Gasteiger partial charge in [-0.15, -0.1) is 0 Å². The average molecular weight is 346 g/mol. The lowest BCUT2D eigenvalue weighted by molar-refractivity contribution is -0.141. The lowest BCUT2D eigenvalue weighted by Crippen LogP contribution is -2.14. The lowest BCUT2D eigenvalue weighted by atomic mass is 10.2. The largest absolute Gasteiger partial charge is 0.433 e. The van der Waals surface area contributed by atoms with Crippen molar-refractivity contribution in [2.75, 3.05) is 11.6 Å². The van der Waals surface area contributed by atoms with Crippen LogP contribution in [0.2, 0.25) is 0 Å². The minimum Gasteiger partial charge on any atom is -0.322 e. The van der Waals surface area contributed by atoms with E-state index in [-0.39, 0.29) is 16.1 Å². The molecule has 4 nitrogen and oxygen atoms in total. The Kier molecular flexibility index (Phi) is 4.79. The number of benzene rings is 1. The van der Waals surface area contributed by atoms with Crippen molar-refractivity contribution in [1.82, 2.24) is 4.98 Å². The number of nitrogens with zero attached hydrogens (tertiary/aromatic N) is 1. The first-order valence-corrected chi connectivity index (χ1v) is 7.72. The van der Waals surface area contributed by atoms with Crippen LogP contribution in [0.25, 0.3) is 0 Å². The molecular weight excluding hydrogens is 336 g/mol. The molecule has 0 fully saturated rings. The lowest BCUT2D eigenvalue weighted by Gasteiger charge is -2.08. The van der Waals surface area contributed by atoms with Gasteiger partial charge < -0.3 is 5.32 Å². The number of halogens is 4.